The van der Waals surface area contributed by atoms with Gasteiger partial charge < -0.3 is 4.90 Å². The van der Waals surface area contributed by atoms with Gasteiger partial charge in [0.2, 0.25) is 0 Å². The quantitative estimate of drug-likeness (QED) is 0.696. The summed E-state index contributed by atoms with van der Waals surface area (Å²) in [5.74, 6) is 0. The minimum absolute atomic E-state index is 0.408. The maximum atomic E-state index is 2.55. The van der Waals surface area contributed by atoms with Gasteiger partial charge >= 0.3 is 0 Å². The summed E-state index contributed by atoms with van der Waals surface area (Å²) in [6, 6.07) is 17.8. The Kier molecular flexibility index (Phi) is 4.24. The van der Waals surface area contributed by atoms with E-state index in [9.17, 15) is 0 Å². The predicted molar refractivity (Wildman–Crippen MR) is 96.0 cm³/mol. The third kappa shape index (κ3) is 3.35. The van der Waals surface area contributed by atoms with E-state index in [4.69, 9.17) is 0 Å². The third-order valence-corrected chi connectivity index (χ3v) is 4.54. The van der Waals surface area contributed by atoms with Gasteiger partial charge in [0.25, 0.3) is 0 Å². The van der Waals surface area contributed by atoms with Crippen LogP contribution in [-0.4, -0.2) is 6.54 Å². The number of anilines is 2. The van der Waals surface area contributed by atoms with Crippen molar-refractivity contribution in [3.63, 3.8) is 0 Å². The van der Waals surface area contributed by atoms with E-state index in [1.165, 1.54) is 35.3 Å². The zero-order valence-corrected chi connectivity index (χ0v) is 14.1. The second kappa shape index (κ2) is 6.16. The minimum Gasteiger partial charge on any atom is -0.341 e. The van der Waals surface area contributed by atoms with Crippen LogP contribution in [-0.2, 0) is 12.8 Å². The molecular formula is C21H27N. The molecule has 0 amide bonds. The number of hydrogen-bond donors (Lipinski definition) is 0. The molecule has 1 aliphatic rings. The summed E-state index contributed by atoms with van der Waals surface area (Å²) in [6.07, 6.45) is 4.77. The van der Waals surface area contributed by atoms with Crippen molar-refractivity contribution in [3.8, 4) is 0 Å². The summed E-state index contributed by atoms with van der Waals surface area (Å²) in [7, 11) is 0. The molecule has 0 aromatic heterocycles. The summed E-state index contributed by atoms with van der Waals surface area (Å²) < 4.78 is 0. The summed E-state index contributed by atoms with van der Waals surface area (Å²) in [4.78, 5) is 2.55. The molecule has 0 atom stereocenters. The molecule has 0 aliphatic carbocycles. The fourth-order valence-corrected chi connectivity index (χ4v) is 3.38. The predicted octanol–water partition coefficient (Wildman–Crippen LogP) is 5.75. The van der Waals surface area contributed by atoms with E-state index in [0.717, 1.165) is 19.4 Å². The molecule has 1 heteroatoms. The van der Waals surface area contributed by atoms with Crippen LogP contribution in [0.4, 0.5) is 11.4 Å². The number of hydrogen-bond acceptors (Lipinski definition) is 1. The fourth-order valence-electron chi connectivity index (χ4n) is 3.38. The van der Waals surface area contributed by atoms with Crippen LogP contribution in [0.5, 0.6) is 0 Å². The van der Waals surface area contributed by atoms with E-state index in [2.05, 4.69) is 74.2 Å². The lowest BCUT2D eigenvalue weighted by Crippen LogP contribution is -2.21. The first-order chi connectivity index (χ1) is 10.5. The van der Waals surface area contributed by atoms with Crippen molar-refractivity contribution < 1.29 is 0 Å². The zero-order valence-electron chi connectivity index (χ0n) is 14.1. The van der Waals surface area contributed by atoms with Gasteiger partial charge in [0.1, 0.15) is 0 Å². The maximum absolute atomic E-state index is 2.55. The molecule has 2 aromatic rings. The maximum Gasteiger partial charge on any atom is 0.0443 e. The molecule has 0 saturated carbocycles. The zero-order chi connectivity index (χ0) is 15.6. The van der Waals surface area contributed by atoms with Gasteiger partial charge in [-0.15, -0.1) is 0 Å². The first-order valence-electron chi connectivity index (χ1n) is 8.48. The van der Waals surface area contributed by atoms with E-state index in [0.29, 0.717) is 5.41 Å². The Balaban J connectivity index is 1.92. The Morgan fingerprint density at radius 3 is 1.82 bits per heavy atom. The monoisotopic (exact) mass is 293 g/mol. The minimum atomic E-state index is 0.408. The first-order valence-corrected chi connectivity index (χ1v) is 8.48. The molecular weight excluding hydrogens is 266 g/mol. The molecule has 1 aliphatic heterocycles. The van der Waals surface area contributed by atoms with E-state index >= 15 is 0 Å². The van der Waals surface area contributed by atoms with Gasteiger partial charge in [0.15, 0.2) is 0 Å². The van der Waals surface area contributed by atoms with Crippen LogP contribution in [0.1, 0.15) is 44.7 Å². The Morgan fingerprint density at radius 2 is 1.32 bits per heavy atom. The van der Waals surface area contributed by atoms with Gasteiger partial charge in [0, 0.05) is 17.9 Å². The van der Waals surface area contributed by atoms with Crippen molar-refractivity contribution in [2.45, 2.75) is 46.5 Å². The molecule has 116 valence electrons. The van der Waals surface area contributed by atoms with Crippen LogP contribution in [0.3, 0.4) is 0 Å². The van der Waals surface area contributed by atoms with Crippen LogP contribution >= 0.6 is 0 Å². The molecule has 3 rings (SSSR count). The van der Waals surface area contributed by atoms with Crippen LogP contribution in [0.15, 0.2) is 48.5 Å². The SMILES string of the molecule is CC(C)(C)CCCN1c2ccccc2CCc2ccccc21. The summed E-state index contributed by atoms with van der Waals surface area (Å²) >= 11 is 0. The third-order valence-electron chi connectivity index (χ3n) is 4.54. The summed E-state index contributed by atoms with van der Waals surface area (Å²) in [5, 5.41) is 0. The number of aryl methyl sites for hydroxylation is 2. The number of nitrogens with zero attached hydrogens (tertiary/aromatic N) is 1. The Hall–Kier alpha value is -1.76. The van der Waals surface area contributed by atoms with Crippen molar-refractivity contribution >= 4 is 11.4 Å². The van der Waals surface area contributed by atoms with E-state index in [-0.39, 0.29) is 0 Å². The van der Waals surface area contributed by atoms with Gasteiger partial charge in [-0.2, -0.15) is 0 Å². The molecule has 0 fully saturated rings. The highest BCUT2D eigenvalue weighted by atomic mass is 15.1. The normalized spacial score (nSPS) is 14.2. The molecule has 0 N–H and O–H groups in total. The average Bonchev–Trinajstić information content (AvgIpc) is 2.64. The van der Waals surface area contributed by atoms with Crippen molar-refractivity contribution in [2.24, 2.45) is 5.41 Å². The van der Waals surface area contributed by atoms with Crippen LogP contribution in [0, 0.1) is 5.41 Å². The Bertz CT molecular complexity index is 589. The van der Waals surface area contributed by atoms with Crippen molar-refractivity contribution in [2.75, 3.05) is 11.4 Å². The van der Waals surface area contributed by atoms with Gasteiger partial charge in [-0.3, -0.25) is 0 Å². The van der Waals surface area contributed by atoms with Gasteiger partial charge in [-0.05, 0) is 54.4 Å². The standard InChI is InChI=1S/C21H27N/c1-21(2,3)15-8-16-22-19-11-6-4-9-17(19)13-14-18-10-5-7-12-20(18)22/h4-7,9-12H,8,13-16H2,1-3H3. The molecule has 1 nitrogen and oxygen atoms in total. The van der Waals surface area contributed by atoms with Crippen LogP contribution in [0.2, 0.25) is 0 Å². The highest BCUT2D eigenvalue weighted by molar-refractivity contribution is 5.71. The number of rotatable bonds is 3. The van der Waals surface area contributed by atoms with Crippen molar-refractivity contribution in [1.82, 2.24) is 0 Å². The lowest BCUT2D eigenvalue weighted by Gasteiger charge is -2.28. The topological polar surface area (TPSA) is 3.24 Å². The van der Waals surface area contributed by atoms with E-state index < -0.39 is 0 Å². The molecule has 0 bridgehead atoms. The largest absolute Gasteiger partial charge is 0.341 e. The van der Waals surface area contributed by atoms with Crippen molar-refractivity contribution in [3.05, 3.63) is 59.7 Å². The molecule has 0 unspecified atom stereocenters. The number of para-hydroxylation sites is 2. The molecule has 22 heavy (non-hydrogen) atoms. The average molecular weight is 293 g/mol. The lowest BCUT2D eigenvalue weighted by molar-refractivity contribution is 0.368. The summed E-state index contributed by atoms with van der Waals surface area (Å²) in [6.45, 7) is 8.09. The first kappa shape index (κ1) is 15.1. The highest BCUT2D eigenvalue weighted by Gasteiger charge is 2.20. The van der Waals surface area contributed by atoms with Crippen molar-refractivity contribution in [1.29, 1.82) is 0 Å². The number of benzene rings is 2. The van der Waals surface area contributed by atoms with E-state index in [1.54, 1.807) is 0 Å². The number of fused-ring (bicyclic) bond motifs is 2. The smallest absolute Gasteiger partial charge is 0.0443 e. The second-order valence-electron chi connectivity index (χ2n) is 7.57. The Morgan fingerprint density at radius 1 is 0.818 bits per heavy atom. The van der Waals surface area contributed by atoms with Gasteiger partial charge in [0.05, 0.1) is 0 Å². The molecule has 0 spiro atoms. The second-order valence-corrected chi connectivity index (χ2v) is 7.57. The fraction of sp³-hybridized carbons (Fsp3) is 0.429. The summed E-state index contributed by atoms with van der Waals surface area (Å²) in [5.41, 5.74) is 6.18. The lowest BCUT2D eigenvalue weighted by atomic mass is 9.90. The van der Waals surface area contributed by atoms with Gasteiger partial charge in [-0.1, -0.05) is 57.2 Å². The van der Waals surface area contributed by atoms with Crippen LogP contribution in [0.25, 0.3) is 0 Å². The Labute approximate surface area is 135 Å². The van der Waals surface area contributed by atoms with E-state index in [1.807, 2.05) is 0 Å². The molecule has 0 saturated heterocycles. The molecule has 2 aromatic carbocycles. The molecule has 0 radical (unpaired) electrons. The van der Waals surface area contributed by atoms with Crippen LogP contribution < -0.4 is 4.90 Å². The van der Waals surface area contributed by atoms with Gasteiger partial charge in [-0.25, -0.2) is 0 Å². The highest BCUT2D eigenvalue weighted by Crippen LogP contribution is 2.36. The molecule has 1 heterocycles.